The van der Waals surface area contributed by atoms with E-state index in [0.29, 0.717) is 43.3 Å². The van der Waals surface area contributed by atoms with Crippen molar-refractivity contribution in [1.82, 2.24) is 24.4 Å². The summed E-state index contributed by atoms with van der Waals surface area (Å²) in [6, 6.07) is 4.57. The lowest BCUT2D eigenvalue weighted by Gasteiger charge is -2.30. The maximum Gasteiger partial charge on any atom is 0.263 e. The zero-order valence-electron chi connectivity index (χ0n) is 16.4. The van der Waals surface area contributed by atoms with Gasteiger partial charge in [0.25, 0.3) is 5.91 Å². The summed E-state index contributed by atoms with van der Waals surface area (Å²) < 4.78 is 32.4. The normalized spacial score (nSPS) is 19.6. The van der Waals surface area contributed by atoms with Gasteiger partial charge in [-0.3, -0.25) is 4.79 Å². The number of hydrogen-bond acceptors (Lipinski definition) is 7. The van der Waals surface area contributed by atoms with E-state index in [1.807, 2.05) is 0 Å². The summed E-state index contributed by atoms with van der Waals surface area (Å²) >= 11 is 0. The van der Waals surface area contributed by atoms with Crippen molar-refractivity contribution in [2.45, 2.75) is 24.7 Å². The first kappa shape index (κ1) is 20.0. The quantitative estimate of drug-likeness (QED) is 0.673. The Kier molecular flexibility index (Phi) is 5.70. The van der Waals surface area contributed by atoms with Gasteiger partial charge in [0.05, 0.1) is 18.1 Å². The van der Waals surface area contributed by atoms with E-state index in [-0.39, 0.29) is 17.4 Å². The Labute approximate surface area is 169 Å². The molecule has 0 unspecified atom stereocenters. The molecule has 1 amide bonds. The minimum Gasteiger partial charge on any atom is -0.385 e. The summed E-state index contributed by atoms with van der Waals surface area (Å²) in [7, 11) is -3.65. The molecule has 2 aromatic rings. The number of amides is 1. The van der Waals surface area contributed by atoms with Crippen LogP contribution in [0.15, 0.2) is 23.1 Å². The number of rotatable bonds is 5. The number of fused-ring (bicyclic) bond motifs is 1. The molecule has 1 aromatic carbocycles. The van der Waals surface area contributed by atoms with Gasteiger partial charge in [0.1, 0.15) is 11.0 Å². The molecule has 0 spiro atoms. The second-order valence-corrected chi connectivity index (χ2v) is 9.40. The van der Waals surface area contributed by atoms with Gasteiger partial charge in [-0.2, -0.15) is 4.31 Å². The lowest BCUT2D eigenvalue weighted by atomic mass is 9.99. The van der Waals surface area contributed by atoms with Crippen molar-refractivity contribution in [3.63, 3.8) is 0 Å². The number of nitrogens with zero attached hydrogens (tertiary/aromatic N) is 5. The standard InChI is InChI=1S/C18H25N5O5S/c1-14-4-6-21(7-5-14)18(24)13-28-23-17-12-15(2-3-16(17)19-20-23)29(25,26)22-8-10-27-11-9-22/h2-3,12,14H,4-11,13H2,1H3. The van der Waals surface area contributed by atoms with Crippen LogP contribution >= 0.6 is 0 Å². The maximum absolute atomic E-state index is 12.9. The summed E-state index contributed by atoms with van der Waals surface area (Å²) in [5, 5.41) is 7.89. The molecule has 0 atom stereocenters. The molecule has 2 fully saturated rings. The third-order valence-electron chi connectivity index (χ3n) is 5.44. The molecule has 29 heavy (non-hydrogen) atoms. The summed E-state index contributed by atoms with van der Waals surface area (Å²) in [6.07, 6.45) is 1.97. The molecular formula is C18H25N5O5S. The lowest BCUT2D eigenvalue weighted by molar-refractivity contribution is -0.138. The highest BCUT2D eigenvalue weighted by molar-refractivity contribution is 7.89. The molecule has 158 valence electrons. The van der Waals surface area contributed by atoms with E-state index < -0.39 is 10.0 Å². The van der Waals surface area contributed by atoms with E-state index in [4.69, 9.17) is 9.57 Å². The van der Waals surface area contributed by atoms with Crippen molar-refractivity contribution in [2.75, 3.05) is 46.0 Å². The molecule has 4 rings (SSSR count). The van der Waals surface area contributed by atoms with Gasteiger partial charge < -0.3 is 14.5 Å². The third kappa shape index (κ3) is 4.21. The van der Waals surface area contributed by atoms with Crippen LogP contribution in [0.2, 0.25) is 0 Å². The van der Waals surface area contributed by atoms with Crippen LogP contribution in [0.1, 0.15) is 19.8 Å². The third-order valence-corrected chi connectivity index (χ3v) is 7.34. The Morgan fingerprint density at radius 2 is 1.93 bits per heavy atom. The fourth-order valence-corrected chi connectivity index (χ4v) is 4.96. The van der Waals surface area contributed by atoms with Crippen LogP contribution in [0.3, 0.4) is 0 Å². The summed E-state index contributed by atoms with van der Waals surface area (Å²) in [4.78, 5) is 21.0. The first-order valence-electron chi connectivity index (χ1n) is 9.79. The molecule has 3 heterocycles. The van der Waals surface area contributed by atoms with E-state index in [0.717, 1.165) is 30.8 Å². The highest BCUT2D eigenvalue weighted by Gasteiger charge is 2.27. The molecule has 0 aliphatic carbocycles. The van der Waals surface area contributed by atoms with Crippen LogP contribution in [-0.4, -0.2) is 84.7 Å². The number of benzene rings is 1. The highest BCUT2D eigenvalue weighted by Crippen LogP contribution is 2.21. The fourth-order valence-electron chi connectivity index (χ4n) is 3.54. The second-order valence-electron chi connectivity index (χ2n) is 7.47. The second kappa shape index (κ2) is 8.25. The predicted molar refractivity (Wildman–Crippen MR) is 104 cm³/mol. The minimum atomic E-state index is -3.65. The molecule has 2 aliphatic heterocycles. The first-order chi connectivity index (χ1) is 13.9. The van der Waals surface area contributed by atoms with Crippen molar-refractivity contribution in [1.29, 1.82) is 0 Å². The van der Waals surface area contributed by atoms with Gasteiger partial charge in [-0.15, -0.1) is 5.10 Å². The Morgan fingerprint density at radius 1 is 1.21 bits per heavy atom. The molecule has 10 nitrogen and oxygen atoms in total. The smallest absolute Gasteiger partial charge is 0.263 e. The summed E-state index contributed by atoms with van der Waals surface area (Å²) in [5.41, 5.74) is 0.893. The van der Waals surface area contributed by atoms with E-state index in [2.05, 4.69) is 17.2 Å². The Balaban J connectivity index is 1.49. The number of hydrogen-bond donors (Lipinski definition) is 0. The van der Waals surface area contributed by atoms with Gasteiger partial charge in [0.2, 0.25) is 10.0 Å². The number of likely N-dealkylation sites (tertiary alicyclic amines) is 1. The van der Waals surface area contributed by atoms with Crippen LogP contribution in [0.4, 0.5) is 0 Å². The average Bonchev–Trinajstić information content (AvgIpc) is 3.15. The zero-order valence-corrected chi connectivity index (χ0v) is 17.2. The maximum atomic E-state index is 12.9. The number of aromatic nitrogens is 3. The zero-order chi connectivity index (χ0) is 20.4. The van der Waals surface area contributed by atoms with Crippen molar-refractivity contribution < 1.29 is 22.8 Å². The Bertz CT molecular complexity index is 978. The van der Waals surface area contributed by atoms with Crippen LogP contribution in [0.5, 0.6) is 0 Å². The molecular weight excluding hydrogens is 398 g/mol. The minimum absolute atomic E-state index is 0.113. The summed E-state index contributed by atoms with van der Waals surface area (Å²) in [6.45, 7) is 4.85. The number of carbonyl (C=O) groups is 1. The Hall–Kier alpha value is -2.24. The van der Waals surface area contributed by atoms with E-state index in [1.165, 1.54) is 16.4 Å². The number of sulfonamides is 1. The summed E-state index contributed by atoms with van der Waals surface area (Å²) in [5.74, 6) is 0.517. The number of ether oxygens (including phenoxy) is 1. The van der Waals surface area contributed by atoms with Gasteiger partial charge >= 0.3 is 0 Å². The largest absolute Gasteiger partial charge is 0.385 e. The molecule has 2 saturated heterocycles. The molecule has 1 aromatic heterocycles. The van der Waals surface area contributed by atoms with E-state index in [9.17, 15) is 13.2 Å². The molecule has 11 heteroatoms. The SMILES string of the molecule is CC1CCN(C(=O)COn2nnc3ccc(S(=O)(=O)N4CCOCC4)cc32)CC1. The highest BCUT2D eigenvalue weighted by atomic mass is 32.2. The average molecular weight is 423 g/mol. The van der Waals surface area contributed by atoms with Crippen molar-refractivity contribution >= 4 is 27.0 Å². The molecule has 0 N–H and O–H groups in total. The van der Waals surface area contributed by atoms with Crippen LogP contribution in [-0.2, 0) is 19.6 Å². The first-order valence-corrected chi connectivity index (χ1v) is 11.2. The van der Waals surface area contributed by atoms with Gasteiger partial charge in [-0.05, 0) is 42.2 Å². The molecule has 0 bridgehead atoms. The van der Waals surface area contributed by atoms with Gasteiger partial charge in [-0.1, -0.05) is 11.8 Å². The van der Waals surface area contributed by atoms with Crippen LogP contribution < -0.4 is 4.84 Å². The van der Waals surface area contributed by atoms with Crippen molar-refractivity contribution in [3.8, 4) is 0 Å². The number of piperidine rings is 1. The van der Waals surface area contributed by atoms with E-state index in [1.54, 1.807) is 11.0 Å². The fraction of sp³-hybridized carbons (Fsp3) is 0.611. The van der Waals surface area contributed by atoms with Gasteiger partial charge in [0, 0.05) is 26.2 Å². The van der Waals surface area contributed by atoms with E-state index >= 15 is 0 Å². The van der Waals surface area contributed by atoms with Crippen molar-refractivity contribution in [3.05, 3.63) is 18.2 Å². The lowest BCUT2D eigenvalue weighted by Crippen LogP contribution is -2.41. The molecule has 0 saturated carbocycles. The number of carbonyl (C=O) groups excluding carboxylic acids is 1. The molecule has 0 radical (unpaired) electrons. The van der Waals surface area contributed by atoms with Crippen molar-refractivity contribution in [2.24, 2.45) is 5.92 Å². The van der Waals surface area contributed by atoms with Crippen LogP contribution in [0, 0.1) is 5.92 Å². The monoisotopic (exact) mass is 423 g/mol. The predicted octanol–water partition coefficient (Wildman–Crippen LogP) is 0.139. The Morgan fingerprint density at radius 3 is 2.66 bits per heavy atom. The van der Waals surface area contributed by atoms with Crippen LogP contribution in [0.25, 0.3) is 11.0 Å². The number of morpholine rings is 1. The topological polar surface area (TPSA) is 107 Å². The van der Waals surface area contributed by atoms with Gasteiger partial charge in [-0.25, -0.2) is 8.42 Å². The van der Waals surface area contributed by atoms with Gasteiger partial charge in [0.15, 0.2) is 6.61 Å². The molecule has 2 aliphatic rings.